The maximum atomic E-state index is 10.5. The molecule has 33 heavy (non-hydrogen) atoms. The summed E-state index contributed by atoms with van der Waals surface area (Å²) in [5.74, 6) is 0. The third-order valence-electron chi connectivity index (χ3n) is 5.74. The van der Waals surface area contributed by atoms with Crippen molar-refractivity contribution in [1.82, 2.24) is 4.98 Å². The van der Waals surface area contributed by atoms with Gasteiger partial charge in [0, 0.05) is 10.4 Å². The summed E-state index contributed by atoms with van der Waals surface area (Å²) in [4.78, 5) is 4.68. The minimum absolute atomic E-state index is 0.117. The van der Waals surface area contributed by atoms with Gasteiger partial charge >= 0.3 is 0 Å². The highest BCUT2D eigenvalue weighted by atomic mass is 35.5. The van der Waals surface area contributed by atoms with Crippen LogP contribution in [0, 0.1) is 0 Å². The van der Waals surface area contributed by atoms with Gasteiger partial charge < -0.3 is 5.11 Å². The number of fused-ring (bicyclic) bond motifs is 1. The molecule has 1 N–H and O–H groups in total. The molecule has 0 saturated carbocycles. The summed E-state index contributed by atoms with van der Waals surface area (Å²) in [6.07, 6.45) is 5.64. The molecule has 1 atom stereocenters. The summed E-state index contributed by atoms with van der Waals surface area (Å²) in [5, 5.41) is 12.1. The lowest BCUT2D eigenvalue weighted by atomic mass is 9.90. The lowest BCUT2D eigenvalue weighted by molar-refractivity contribution is 0.0776. The van der Waals surface area contributed by atoms with Gasteiger partial charge in [0.05, 0.1) is 22.2 Å². The van der Waals surface area contributed by atoms with Crippen LogP contribution in [0.1, 0.15) is 53.6 Å². The molecule has 1 aromatic heterocycles. The maximum absolute atomic E-state index is 10.5. The molecule has 0 bridgehead atoms. The average molecular weight is 476 g/mol. The number of aryl methyl sites for hydroxylation is 1. The van der Waals surface area contributed by atoms with Crippen LogP contribution in [0.5, 0.6) is 0 Å². The number of halogens is 2. The Labute approximate surface area is 205 Å². The van der Waals surface area contributed by atoms with Crippen molar-refractivity contribution in [2.45, 2.75) is 37.7 Å². The molecule has 0 spiro atoms. The summed E-state index contributed by atoms with van der Waals surface area (Å²) in [7, 11) is 0. The first kappa shape index (κ1) is 23.5. The molecule has 4 aromatic rings. The normalized spacial score (nSPS) is 13.0. The van der Waals surface area contributed by atoms with Crippen LogP contribution in [0.3, 0.4) is 0 Å². The SMILES string of the molecule is CC(C)(O)c1ccccc1CCC(Cl)c1cccc(/C=C/c2ccc3ccc(Cl)cc3n2)c1. The Morgan fingerprint density at radius 1 is 0.939 bits per heavy atom. The van der Waals surface area contributed by atoms with Gasteiger partial charge in [-0.3, -0.25) is 0 Å². The minimum Gasteiger partial charge on any atom is -0.386 e. The Morgan fingerprint density at radius 3 is 2.55 bits per heavy atom. The average Bonchev–Trinajstić information content (AvgIpc) is 2.80. The summed E-state index contributed by atoms with van der Waals surface area (Å²) in [5.41, 5.74) is 5.13. The number of aromatic nitrogens is 1. The van der Waals surface area contributed by atoms with E-state index in [1.807, 2.05) is 68.5 Å². The highest BCUT2D eigenvalue weighted by Crippen LogP contribution is 2.30. The predicted octanol–water partition coefficient (Wildman–Crippen LogP) is 8.20. The Balaban J connectivity index is 1.47. The van der Waals surface area contributed by atoms with E-state index in [1.54, 1.807) is 0 Å². The number of rotatable bonds is 7. The van der Waals surface area contributed by atoms with Crippen LogP contribution in [0.15, 0.2) is 78.9 Å². The summed E-state index contributed by atoms with van der Waals surface area (Å²) >= 11 is 12.9. The Hall–Kier alpha value is -2.65. The summed E-state index contributed by atoms with van der Waals surface area (Å²) in [6, 6.07) is 26.1. The maximum Gasteiger partial charge on any atom is 0.0843 e. The molecule has 0 radical (unpaired) electrons. The van der Waals surface area contributed by atoms with Gasteiger partial charge in [0.25, 0.3) is 0 Å². The lowest BCUT2D eigenvalue weighted by Gasteiger charge is -2.22. The van der Waals surface area contributed by atoms with E-state index in [0.29, 0.717) is 5.02 Å². The minimum atomic E-state index is -0.870. The first-order valence-electron chi connectivity index (χ1n) is 11.1. The number of hydrogen-bond donors (Lipinski definition) is 1. The van der Waals surface area contributed by atoms with Crippen LogP contribution in [0.4, 0.5) is 0 Å². The molecule has 3 aromatic carbocycles. The zero-order chi connectivity index (χ0) is 23.4. The number of alkyl halides is 1. The first-order valence-corrected chi connectivity index (χ1v) is 11.9. The van der Waals surface area contributed by atoms with Gasteiger partial charge in [-0.15, -0.1) is 11.6 Å². The van der Waals surface area contributed by atoms with Crippen LogP contribution >= 0.6 is 23.2 Å². The monoisotopic (exact) mass is 475 g/mol. The van der Waals surface area contributed by atoms with Crippen molar-refractivity contribution in [2.75, 3.05) is 0 Å². The van der Waals surface area contributed by atoms with E-state index < -0.39 is 5.60 Å². The second-order valence-corrected chi connectivity index (χ2v) is 9.76. The van der Waals surface area contributed by atoms with Crippen molar-refractivity contribution < 1.29 is 5.11 Å². The standard InChI is InChI=1S/C29H27Cl2NO/c1-29(2,33)26-9-4-3-7-21(26)13-17-27(31)23-8-5-6-20(18-23)10-15-25-16-12-22-11-14-24(30)19-28(22)32-25/h3-12,14-16,18-19,27,33H,13,17H2,1-2H3/b15-10+. The van der Waals surface area contributed by atoms with Crippen LogP contribution < -0.4 is 0 Å². The summed E-state index contributed by atoms with van der Waals surface area (Å²) in [6.45, 7) is 3.64. The first-order chi connectivity index (χ1) is 15.8. The van der Waals surface area contributed by atoms with Crippen molar-refractivity contribution in [3.63, 3.8) is 0 Å². The fraction of sp³-hybridized carbons (Fsp3) is 0.207. The van der Waals surface area contributed by atoms with E-state index in [-0.39, 0.29) is 5.38 Å². The third-order valence-corrected chi connectivity index (χ3v) is 6.44. The van der Waals surface area contributed by atoms with Crippen molar-refractivity contribution in [3.05, 3.63) is 112 Å². The highest BCUT2D eigenvalue weighted by Gasteiger charge is 2.20. The molecule has 0 amide bonds. The number of hydrogen-bond acceptors (Lipinski definition) is 2. The van der Waals surface area contributed by atoms with Crippen LogP contribution in [-0.2, 0) is 12.0 Å². The Bertz CT molecular complexity index is 1290. The second kappa shape index (κ2) is 10.1. The zero-order valence-electron chi connectivity index (χ0n) is 18.8. The van der Waals surface area contributed by atoms with Gasteiger partial charge in [0.2, 0.25) is 0 Å². The number of benzene rings is 3. The van der Waals surface area contributed by atoms with E-state index in [2.05, 4.69) is 41.4 Å². The van der Waals surface area contributed by atoms with Crippen molar-refractivity contribution >= 4 is 46.3 Å². The highest BCUT2D eigenvalue weighted by molar-refractivity contribution is 6.31. The quantitative estimate of drug-likeness (QED) is 0.273. The van der Waals surface area contributed by atoms with Gasteiger partial charge in [-0.25, -0.2) is 4.98 Å². The van der Waals surface area contributed by atoms with Crippen molar-refractivity contribution in [2.24, 2.45) is 0 Å². The van der Waals surface area contributed by atoms with E-state index in [4.69, 9.17) is 23.2 Å². The second-order valence-electron chi connectivity index (χ2n) is 8.80. The van der Waals surface area contributed by atoms with E-state index >= 15 is 0 Å². The van der Waals surface area contributed by atoms with Gasteiger partial charge in [0.15, 0.2) is 0 Å². The topological polar surface area (TPSA) is 33.1 Å². The number of pyridine rings is 1. The fourth-order valence-electron chi connectivity index (χ4n) is 4.02. The molecule has 4 heteroatoms. The molecule has 168 valence electrons. The van der Waals surface area contributed by atoms with E-state index in [1.165, 1.54) is 0 Å². The van der Waals surface area contributed by atoms with Crippen molar-refractivity contribution in [3.8, 4) is 0 Å². The molecule has 0 fully saturated rings. The Kier molecular flexibility index (Phi) is 7.19. The summed E-state index contributed by atoms with van der Waals surface area (Å²) < 4.78 is 0. The molecule has 0 saturated heterocycles. The van der Waals surface area contributed by atoms with Crippen LogP contribution in [0.2, 0.25) is 5.02 Å². The molecule has 0 aliphatic carbocycles. The number of nitrogens with zero attached hydrogens (tertiary/aromatic N) is 1. The molecule has 4 rings (SSSR count). The molecular weight excluding hydrogens is 449 g/mol. The fourth-order valence-corrected chi connectivity index (χ4v) is 4.43. The number of aliphatic hydroxyl groups is 1. The lowest BCUT2D eigenvalue weighted by Crippen LogP contribution is -2.18. The molecular formula is C29H27Cl2NO. The molecule has 0 aliphatic rings. The van der Waals surface area contributed by atoms with Gasteiger partial charge in [-0.05, 0) is 73.2 Å². The third kappa shape index (κ3) is 6.03. The molecule has 1 heterocycles. The molecule has 0 aliphatic heterocycles. The van der Waals surface area contributed by atoms with Crippen LogP contribution in [-0.4, -0.2) is 10.1 Å². The Morgan fingerprint density at radius 2 is 1.73 bits per heavy atom. The van der Waals surface area contributed by atoms with Crippen molar-refractivity contribution in [1.29, 1.82) is 0 Å². The molecule has 2 nitrogen and oxygen atoms in total. The molecule has 1 unspecified atom stereocenters. The smallest absolute Gasteiger partial charge is 0.0843 e. The zero-order valence-corrected chi connectivity index (χ0v) is 20.3. The van der Waals surface area contributed by atoms with Gasteiger partial charge in [-0.2, -0.15) is 0 Å². The van der Waals surface area contributed by atoms with E-state index in [9.17, 15) is 5.11 Å². The van der Waals surface area contributed by atoms with Gasteiger partial charge in [0.1, 0.15) is 0 Å². The van der Waals surface area contributed by atoms with E-state index in [0.717, 1.165) is 51.7 Å². The largest absolute Gasteiger partial charge is 0.386 e. The van der Waals surface area contributed by atoms with Gasteiger partial charge in [-0.1, -0.05) is 78.3 Å². The van der Waals surface area contributed by atoms with Crippen LogP contribution in [0.25, 0.3) is 23.1 Å². The predicted molar refractivity (Wildman–Crippen MR) is 141 cm³/mol.